The average molecular weight is 186 g/mol. The lowest BCUT2D eigenvalue weighted by Crippen LogP contribution is -2.32. The first-order valence-electron chi connectivity index (χ1n) is 5.77. The Kier molecular flexibility index (Phi) is 6.40. The zero-order chi connectivity index (χ0) is 10.3. The number of rotatable bonds is 7. The Morgan fingerprint density at radius 2 is 1.85 bits per heavy atom. The molecule has 0 aromatic rings. The molecule has 1 nitrogen and oxygen atoms in total. The Morgan fingerprint density at radius 3 is 2.15 bits per heavy atom. The van der Waals surface area contributed by atoms with Gasteiger partial charge in [-0.1, -0.05) is 47.0 Å². The van der Waals surface area contributed by atoms with Crippen LogP contribution >= 0.6 is 0 Å². The number of hydrogen-bond donors (Lipinski definition) is 1. The van der Waals surface area contributed by atoms with Crippen molar-refractivity contribution in [3.8, 4) is 0 Å². The second kappa shape index (κ2) is 6.42. The third kappa shape index (κ3) is 3.30. The minimum atomic E-state index is 0.199. The van der Waals surface area contributed by atoms with Crippen LogP contribution in [0.5, 0.6) is 0 Å². The summed E-state index contributed by atoms with van der Waals surface area (Å²) >= 11 is 0. The number of hydrogen-bond acceptors (Lipinski definition) is 1. The van der Waals surface area contributed by atoms with Gasteiger partial charge in [0.25, 0.3) is 0 Å². The number of unbranched alkanes of at least 4 members (excludes halogenated alkanes) is 1. The maximum absolute atomic E-state index is 9.50. The van der Waals surface area contributed by atoms with Gasteiger partial charge in [0.1, 0.15) is 0 Å². The van der Waals surface area contributed by atoms with Gasteiger partial charge in [0.2, 0.25) is 0 Å². The third-order valence-corrected chi connectivity index (χ3v) is 3.70. The van der Waals surface area contributed by atoms with Gasteiger partial charge in [-0.05, 0) is 24.2 Å². The predicted octanol–water partition coefficient (Wildman–Crippen LogP) is 3.61. The topological polar surface area (TPSA) is 20.2 Å². The smallest absolute Gasteiger partial charge is 0.0489 e. The van der Waals surface area contributed by atoms with Crippen LogP contribution in [0.4, 0.5) is 0 Å². The Labute approximate surface area is 83.5 Å². The second-order valence-electron chi connectivity index (χ2n) is 4.29. The van der Waals surface area contributed by atoms with Crippen LogP contribution in [-0.4, -0.2) is 11.7 Å². The van der Waals surface area contributed by atoms with Crippen molar-refractivity contribution in [2.75, 3.05) is 6.61 Å². The molecule has 13 heavy (non-hydrogen) atoms. The van der Waals surface area contributed by atoms with Crippen molar-refractivity contribution in [3.63, 3.8) is 0 Å². The fourth-order valence-electron chi connectivity index (χ4n) is 2.08. The molecule has 0 aliphatic carbocycles. The number of aliphatic hydroxyl groups excluding tert-OH is 1. The van der Waals surface area contributed by atoms with Gasteiger partial charge in [0.15, 0.2) is 0 Å². The number of aliphatic hydroxyl groups is 1. The third-order valence-electron chi connectivity index (χ3n) is 3.70. The summed E-state index contributed by atoms with van der Waals surface area (Å²) in [6, 6.07) is 0. The van der Waals surface area contributed by atoms with E-state index in [1.54, 1.807) is 0 Å². The Morgan fingerprint density at radius 1 is 1.23 bits per heavy atom. The van der Waals surface area contributed by atoms with Crippen molar-refractivity contribution in [2.45, 2.75) is 59.8 Å². The van der Waals surface area contributed by atoms with Crippen molar-refractivity contribution in [1.29, 1.82) is 0 Å². The maximum Gasteiger partial charge on any atom is 0.0489 e. The van der Waals surface area contributed by atoms with Crippen molar-refractivity contribution < 1.29 is 5.11 Å². The van der Waals surface area contributed by atoms with Crippen molar-refractivity contribution in [3.05, 3.63) is 0 Å². The van der Waals surface area contributed by atoms with Gasteiger partial charge in [-0.2, -0.15) is 0 Å². The molecular weight excluding hydrogens is 160 g/mol. The van der Waals surface area contributed by atoms with E-state index in [-0.39, 0.29) is 5.41 Å². The molecule has 2 atom stereocenters. The molecule has 0 bridgehead atoms. The van der Waals surface area contributed by atoms with Gasteiger partial charge in [0, 0.05) is 6.61 Å². The first kappa shape index (κ1) is 13.0. The zero-order valence-corrected chi connectivity index (χ0v) is 9.77. The fourth-order valence-corrected chi connectivity index (χ4v) is 2.08. The molecule has 0 aliphatic heterocycles. The van der Waals surface area contributed by atoms with Gasteiger partial charge in [-0.3, -0.25) is 0 Å². The molecule has 0 saturated carbocycles. The van der Waals surface area contributed by atoms with Crippen LogP contribution in [0.25, 0.3) is 0 Å². The normalized spacial score (nSPS) is 18.2. The standard InChI is InChI=1S/C12H26O/c1-5-8-9-12(7-3,10-13)11(4)6-2/h11,13H,5-10H2,1-4H3. The molecule has 0 radical (unpaired) electrons. The Bertz CT molecular complexity index is 116. The Hall–Kier alpha value is -0.0400. The molecule has 0 spiro atoms. The van der Waals surface area contributed by atoms with Crippen LogP contribution in [0.3, 0.4) is 0 Å². The zero-order valence-electron chi connectivity index (χ0n) is 9.77. The fraction of sp³-hybridized carbons (Fsp3) is 1.00. The molecule has 0 heterocycles. The summed E-state index contributed by atoms with van der Waals surface area (Å²) in [6.45, 7) is 9.27. The highest BCUT2D eigenvalue weighted by molar-refractivity contribution is 4.81. The molecule has 1 heteroatoms. The quantitative estimate of drug-likeness (QED) is 0.644. The molecule has 0 rings (SSSR count). The maximum atomic E-state index is 9.50. The first-order valence-corrected chi connectivity index (χ1v) is 5.77. The SMILES string of the molecule is CCCCC(CC)(CO)C(C)CC. The molecule has 0 amide bonds. The van der Waals surface area contributed by atoms with Crippen LogP contribution in [0.15, 0.2) is 0 Å². The molecule has 0 aromatic heterocycles. The lowest BCUT2D eigenvalue weighted by atomic mass is 9.70. The molecule has 0 fully saturated rings. The average Bonchev–Trinajstić information content (AvgIpc) is 2.19. The molecular formula is C12H26O. The molecule has 80 valence electrons. The van der Waals surface area contributed by atoms with E-state index >= 15 is 0 Å². The van der Waals surface area contributed by atoms with Crippen LogP contribution in [0.1, 0.15) is 59.8 Å². The predicted molar refractivity (Wildman–Crippen MR) is 58.8 cm³/mol. The summed E-state index contributed by atoms with van der Waals surface area (Å²) < 4.78 is 0. The van der Waals surface area contributed by atoms with Gasteiger partial charge in [0.05, 0.1) is 0 Å². The van der Waals surface area contributed by atoms with Crippen LogP contribution in [0.2, 0.25) is 0 Å². The lowest BCUT2D eigenvalue weighted by Gasteiger charge is -2.36. The summed E-state index contributed by atoms with van der Waals surface area (Å²) in [4.78, 5) is 0. The van der Waals surface area contributed by atoms with Crippen molar-refractivity contribution in [1.82, 2.24) is 0 Å². The van der Waals surface area contributed by atoms with Crippen LogP contribution < -0.4 is 0 Å². The summed E-state index contributed by atoms with van der Waals surface area (Å²) in [5.74, 6) is 0.647. The summed E-state index contributed by atoms with van der Waals surface area (Å²) in [6.07, 6.45) is 5.96. The molecule has 0 saturated heterocycles. The van der Waals surface area contributed by atoms with Gasteiger partial charge < -0.3 is 5.11 Å². The highest BCUT2D eigenvalue weighted by Gasteiger charge is 2.31. The highest BCUT2D eigenvalue weighted by atomic mass is 16.3. The molecule has 0 aliphatic rings. The van der Waals surface area contributed by atoms with E-state index < -0.39 is 0 Å². The van der Waals surface area contributed by atoms with Gasteiger partial charge in [-0.25, -0.2) is 0 Å². The molecule has 2 unspecified atom stereocenters. The summed E-state index contributed by atoms with van der Waals surface area (Å²) in [7, 11) is 0. The molecule has 1 N–H and O–H groups in total. The van der Waals surface area contributed by atoms with Crippen molar-refractivity contribution >= 4 is 0 Å². The minimum Gasteiger partial charge on any atom is -0.396 e. The van der Waals surface area contributed by atoms with Crippen LogP contribution in [0, 0.1) is 11.3 Å². The minimum absolute atomic E-state index is 0.199. The summed E-state index contributed by atoms with van der Waals surface area (Å²) in [5, 5.41) is 9.50. The van der Waals surface area contributed by atoms with E-state index in [1.165, 1.54) is 25.7 Å². The van der Waals surface area contributed by atoms with Gasteiger partial charge >= 0.3 is 0 Å². The van der Waals surface area contributed by atoms with Gasteiger partial charge in [-0.15, -0.1) is 0 Å². The van der Waals surface area contributed by atoms with E-state index in [0.29, 0.717) is 12.5 Å². The van der Waals surface area contributed by atoms with E-state index in [2.05, 4.69) is 27.7 Å². The van der Waals surface area contributed by atoms with E-state index in [4.69, 9.17) is 0 Å². The largest absolute Gasteiger partial charge is 0.396 e. The van der Waals surface area contributed by atoms with E-state index in [9.17, 15) is 5.11 Å². The first-order chi connectivity index (χ1) is 6.16. The van der Waals surface area contributed by atoms with Crippen LogP contribution in [-0.2, 0) is 0 Å². The van der Waals surface area contributed by atoms with Crippen molar-refractivity contribution in [2.24, 2.45) is 11.3 Å². The van der Waals surface area contributed by atoms with E-state index in [0.717, 1.165) is 6.42 Å². The second-order valence-corrected chi connectivity index (χ2v) is 4.29. The van der Waals surface area contributed by atoms with E-state index in [1.807, 2.05) is 0 Å². The Balaban J connectivity index is 4.29. The monoisotopic (exact) mass is 186 g/mol. The molecule has 0 aromatic carbocycles. The highest BCUT2D eigenvalue weighted by Crippen LogP contribution is 2.38. The lowest BCUT2D eigenvalue weighted by molar-refractivity contribution is 0.0506. The summed E-state index contributed by atoms with van der Waals surface area (Å²) in [5.41, 5.74) is 0.199.